The summed E-state index contributed by atoms with van der Waals surface area (Å²) in [4.78, 5) is 5.29. The molecule has 1 aliphatic heterocycles. The Morgan fingerprint density at radius 3 is 1.18 bits per heavy atom. The van der Waals surface area contributed by atoms with E-state index in [1.807, 2.05) is 0 Å². The van der Waals surface area contributed by atoms with Gasteiger partial charge in [0, 0.05) is 25.5 Å². The van der Waals surface area contributed by atoms with Crippen molar-refractivity contribution in [3.8, 4) is 0 Å². The third-order valence-corrected chi connectivity index (χ3v) is 10.3. The first-order valence-electron chi connectivity index (χ1n) is 20.6. The van der Waals surface area contributed by atoms with Crippen LogP contribution in [0.1, 0.15) is 212 Å². The normalized spacial score (nSPS) is 14.7. The summed E-state index contributed by atoms with van der Waals surface area (Å²) in [5.41, 5.74) is 1.43. The zero-order valence-corrected chi connectivity index (χ0v) is 30.6. The van der Waals surface area contributed by atoms with Gasteiger partial charge in [-0.25, -0.2) is 0 Å². The van der Waals surface area contributed by atoms with Crippen LogP contribution in [0.5, 0.6) is 0 Å². The smallest absolute Gasteiger partial charge is 0.101 e. The van der Waals surface area contributed by atoms with Gasteiger partial charge in [-0.1, -0.05) is 218 Å². The lowest BCUT2D eigenvalue weighted by molar-refractivity contribution is 0.132. The molecule has 0 spiro atoms. The molecule has 2 heteroatoms. The van der Waals surface area contributed by atoms with Crippen LogP contribution in [-0.2, 0) is 6.54 Å². The molecule has 0 radical (unpaired) electrons. The molecule has 2 nitrogen and oxygen atoms in total. The van der Waals surface area contributed by atoms with E-state index >= 15 is 0 Å². The molecule has 0 amide bonds. The minimum absolute atomic E-state index is 0.550. The first kappa shape index (κ1) is 39.7. The molecule has 1 aliphatic rings. The summed E-state index contributed by atoms with van der Waals surface area (Å²) >= 11 is 0. The second-order valence-electron chi connectivity index (χ2n) is 14.5. The topological polar surface area (TPSA) is 6.48 Å². The van der Waals surface area contributed by atoms with Crippen molar-refractivity contribution in [1.82, 2.24) is 9.80 Å². The highest BCUT2D eigenvalue weighted by Crippen LogP contribution is 2.25. The molecule has 0 fully saturated rings. The van der Waals surface area contributed by atoms with Crippen molar-refractivity contribution in [2.75, 3.05) is 6.54 Å². The van der Waals surface area contributed by atoms with Gasteiger partial charge in [0.25, 0.3) is 0 Å². The van der Waals surface area contributed by atoms with E-state index in [0.717, 1.165) is 6.54 Å². The van der Waals surface area contributed by atoms with Crippen LogP contribution in [0.2, 0.25) is 0 Å². The minimum atomic E-state index is 0.550. The van der Waals surface area contributed by atoms with E-state index in [9.17, 15) is 0 Å². The summed E-state index contributed by atoms with van der Waals surface area (Å²) in [6.45, 7) is 6.88. The van der Waals surface area contributed by atoms with Crippen LogP contribution in [0.4, 0.5) is 0 Å². The number of unbranched alkanes of at least 4 members (excludes halogenated alkanes) is 27. The average Bonchev–Trinajstić information content (AvgIpc) is 3.44. The second-order valence-corrected chi connectivity index (χ2v) is 14.5. The van der Waals surface area contributed by atoms with E-state index in [1.54, 1.807) is 0 Å². The Morgan fingerprint density at radius 1 is 0.400 bits per heavy atom. The van der Waals surface area contributed by atoms with Gasteiger partial charge in [-0.3, -0.25) is 0 Å². The summed E-state index contributed by atoms with van der Waals surface area (Å²) < 4.78 is 0. The SMILES string of the molecule is CCCCCCCCCCCCCCCCCN1C=CN(Cc2ccccc2)C1CCCCCCCCCCCCCCCC. The molecule has 45 heavy (non-hydrogen) atoms. The van der Waals surface area contributed by atoms with Crippen LogP contribution in [0, 0.1) is 0 Å². The van der Waals surface area contributed by atoms with Crippen molar-refractivity contribution < 1.29 is 0 Å². The van der Waals surface area contributed by atoms with Crippen molar-refractivity contribution in [2.24, 2.45) is 0 Å². The fourth-order valence-electron chi connectivity index (χ4n) is 7.26. The maximum absolute atomic E-state index is 2.67. The minimum Gasteiger partial charge on any atom is -0.356 e. The Kier molecular flexibility index (Phi) is 26.4. The molecule has 1 aromatic carbocycles. The van der Waals surface area contributed by atoms with Crippen molar-refractivity contribution in [1.29, 1.82) is 0 Å². The lowest BCUT2D eigenvalue weighted by Crippen LogP contribution is -2.38. The molecule has 0 aliphatic carbocycles. The second kappa shape index (κ2) is 29.9. The van der Waals surface area contributed by atoms with Crippen LogP contribution in [-0.4, -0.2) is 22.5 Å². The number of benzene rings is 1. The molecule has 0 saturated heterocycles. The van der Waals surface area contributed by atoms with Crippen LogP contribution in [0.3, 0.4) is 0 Å². The summed E-state index contributed by atoms with van der Waals surface area (Å²) in [5, 5.41) is 0. The van der Waals surface area contributed by atoms with Crippen LogP contribution >= 0.6 is 0 Å². The Balaban J connectivity index is 1.52. The fraction of sp³-hybridized carbons (Fsp3) is 0.814. The van der Waals surface area contributed by atoms with Gasteiger partial charge in [0.05, 0.1) is 0 Å². The Morgan fingerprint density at radius 2 is 0.756 bits per heavy atom. The molecule has 260 valence electrons. The number of nitrogens with zero attached hydrogens (tertiary/aromatic N) is 2. The molecular formula is C43H78N2. The monoisotopic (exact) mass is 623 g/mol. The van der Waals surface area contributed by atoms with Gasteiger partial charge in [-0.15, -0.1) is 0 Å². The van der Waals surface area contributed by atoms with E-state index in [2.05, 4.69) is 66.4 Å². The summed E-state index contributed by atoms with van der Waals surface area (Å²) in [5.74, 6) is 0. The summed E-state index contributed by atoms with van der Waals surface area (Å²) in [6.07, 6.45) is 48.3. The van der Waals surface area contributed by atoms with Crippen molar-refractivity contribution in [3.05, 3.63) is 48.3 Å². The quantitative estimate of drug-likeness (QED) is 0.0720. The van der Waals surface area contributed by atoms with Crippen molar-refractivity contribution in [3.63, 3.8) is 0 Å². The molecule has 1 unspecified atom stereocenters. The van der Waals surface area contributed by atoms with Gasteiger partial charge in [0.1, 0.15) is 6.17 Å². The van der Waals surface area contributed by atoms with E-state index < -0.39 is 0 Å². The lowest BCUT2D eigenvalue weighted by Gasteiger charge is -2.33. The maximum atomic E-state index is 2.67. The largest absolute Gasteiger partial charge is 0.356 e. The highest BCUT2D eigenvalue weighted by Gasteiger charge is 2.25. The highest BCUT2D eigenvalue weighted by atomic mass is 15.4. The Labute approximate surface area is 283 Å². The molecule has 1 heterocycles. The molecule has 0 N–H and O–H groups in total. The van der Waals surface area contributed by atoms with Gasteiger partial charge in [-0.05, 0) is 24.8 Å². The fourth-order valence-corrected chi connectivity index (χ4v) is 7.26. The van der Waals surface area contributed by atoms with Crippen LogP contribution in [0.15, 0.2) is 42.7 Å². The molecule has 0 saturated carbocycles. The molecule has 0 aromatic heterocycles. The van der Waals surface area contributed by atoms with Gasteiger partial charge in [0.2, 0.25) is 0 Å². The zero-order chi connectivity index (χ0) is 31.9. The predicted octanol–water partition coefficient (Wildman–Crippen LogP) is 14.3. The summed E-state index contributed by atoms with van der Waals surface area (Å²) in [7, 11) is 0. The van der Waals surface area contributed by atoms with Crippen LogP contribution < -0.4 is 0 Å². The average molecular weight is 623 g/mol. The lowest BCUT2D eigenvalue weighted by atomic mass is 10.0. The third-order valence-electron chi connectivity index (χ3n) is 10.3. The van der Waals surface area contributed by atoms with E-state index in [4.69, 9.17) is 0 Å². The van der Waals surface area contributed by atoms with Gasteiger partial charge in [-0.2, -0.15) is 0 Å². The van der Waals surface area contributed by atoms with Crippen molar-refractivity contribution in [2.45, 2.75) is 219 Å². The van der Waals surface area contributed by atoms with Gasteiger partial charge >= 0.3 is 0 Å². The molecule has 1 atom stereocenters. The maximum Gasteiger partial charge on any atom is 0.101 e. The Bertz CT molecular complexity index is 758. The zero-order valence-electron chi connectivity index (χ0n) is 30.6. The van der Waals surface area contributed by atoms with E-state index in [0.29, 0.717) is 6.17 Å². The standard InChI is InChI=1S/C43H78N2/c1-3-5-7-9-11-13-15-17-19-21-23-25-27-29-34-38-44-39-40-45(41-42-35-31-30-32-36-42)43(44)37-33-28-26-24-22-20-18-16-14-12-10-8-6-4-2/h30-32,35-36,39-40,43H,3-29,33-34,37-38,41H2,1-2H3. The number of hydrogen-bond acceptors (Lipinski definition) is 2. The molecule has 0 bridgehead atoms. The Hall–Kier alpha value is -1.44. The first-order valence-corrected chi connectivity index (χ1v) is 20.6. The summed E-state index contributed by atoms with van der Waals surface area (Å²) in [6, 6.07) is 11.1. The van der Waals surface area contributed by atoms with E-state index in [-0.39, 0.29) is 0 Å². The predicted molar refractivity (Wildman–Crippen MR) is 201 cm³/mol. The molecule has 1 aromatic rings. The van der Waals surface area contributed by atoms with Gasteiger partial charge < -0.3 is 9.80 Å². The van der Waals surface area contributed by atoms with Gasteiger partial charge in [0.15, 0.2) is 0 Å². The third kappa shape index (κ3) is 21.9. The molecule has 2 rings (SSSR count). The first-order chi connectivity index (χ1) is 22.3. The van der Waals surface area contributed by atoms with E-state index in [1.165, 1.54) is 205 Å². The molecular weight excluding hydrogens is 544 g/mol. The van der Waals surface area contributed by atoms with Crippen LogP contribution in [0.25, 0.3) is 0 Å². The number of rotatable bonds is 33. The number of hydrogen-bond donors (Lipinski definition) is 0. The van der Waals surface area contributed by atoms with Crippen molar-refractivity contribution >= 4 is 0 Å². The highest BCUT2D eigenvalue weighted by molar-refractivity contribution is 5.16.